The third kappa shape index (κ3) is 3.45. The van der Waals surface area contributed by atoms with Crippen molar-refractivity contribution >= 4 is 22.5 Å². The molecule has 1 nitrogen and oxygen atoms in total. The highest BCUT2D eigenvalue weighted by atomic mass is 32.2. The van der Waals surface area contributed by atoms with Gasteiger partial charge in [-0.3, -0.25) is 0 Å². The van der Waals surface area contributed by atoms with E-state index in [4.69, 9.17) is 4.74 Å². The van der Waals surface area contributed by atoms with Crippen LogP contribution in [0.2, 0.25) is 0 Å². The maximum atomic E-state index is 5.91. The van der Waals surface area contributed by atoms with E-state index in [-0.39, 0.29) is 0 Å². The molecule has 22 heavy (non-hydrogen) atoms. The van der Waals surface area contributed by atoms with Gasteiger partial charge in [-0.15, -0.1) is 0 Å². The Hall–Kier alpha value is -1.93. The molecule has 3 aromatic rings. The molecule has 0 fully saturated rings. The molecule has 0 N–H and O–H groups in total. The number of hydrogen-bond acceptors (Lipinski definition) is 2. The summed E-state index contributed by atoms with van der Waals surface area (Å²) in [5.41, 5.74) is 0. The zero-order chi connectivity index (χ0) is 15.2. The first-order chi connectivity index (χ1) is 10.9. The van der Waals surface area contributed by atoms with Crippen molar-refractivity contribution in [1.82, 2.24) is 0 Å². The summed E-state index contributed by atoms with van der Waals surface area (Å²) in [6.07, 6.45) is 2.22. The van der Waals surface area contributed by atoms with Gasteiger partial charge in [-0.1, -0.05) is 73.6 Å². The Morgan fingerprint density at radius 1 is 1.00 bits per heavy atom. The van der Waals surface area contributed by atoms with Crippen LogP contribution in [0.3, 0.4) is 0 Å². The van der Waals surface area contributed by atoms with Crippen LogP contribution < -0.4 is 4.74 Å². The maximum Gasteiger partial charge on any atom is 0.133 e. The molecule has 0 saturated carbocycles. The van der Waals surface area contributed by atoms with Crippen LogP contribution >= 0.6 is 11.8 Å². The van der Waals surface area contributed by atoms with Crippen LogP contribution in [-0.4, -0.2) is 6.61 Å². The van der Waals surface area contributed by atoms with Crippen LogP contribution in [0, 0.1) is 6.07 Å². The largest absolute Gasteiger partial charge is 0.492 e. The van der Waals surface area contributed by atoms with Gasteiger partial charge in [0.25, 0.3) is 0 Å². The molecule has 0 heterocycles. The molecular weight excluding hydrogens is 288 g/mol. The van der Waals surface area contributed by atoms with Gasteiger partial charge in [0.1, 0.15) is 5.75 Å². The lowest BCUT2D eigenvalue weighted by Crippen LogP contribution is -1.97. The van der Waals surface area contributed by atoms with Crippen LogP contribution in [0.25, 0.3) is 10.8 Å². The Balaban J connectivity index is 1.89. The van der Waals surface area contributed by atoms with Gasteiger partial charge in [-0.05, 0) is 29.3 Å². The summed E-state index contributed by atoms with van der Waals surface area (Å²) in [5, 5.41) is 2.53. The predicted octanol–water partition coefficient (Wildman–Crippen LogP) is 5.97. The summed E-state index contributed by atoms with van der Waals surface area (Å²) in [4.78, 5) is 2.29. The number of rotatable bonds is 6. The highest BCUT2D eigenvalue weighted by Crippen LogP contribution is 2.37. The molecule has 1 radical (unpaired) electrons. The van der Waals surface area contributed by atoms with Crippen molar-refractivity contribution < 1.29 is 4.74 Å². The number of fused-ring (bicyclic) bond motifs is 1. The molecule has 0 amide bonds. The number of hydrogen-bond donors (Lipinski definition) is 0. The van der Waals surface area contributed by atoms with Crippen molar-refractivity contribution in [3.63, 3.8) is 0 Å². The van der Waals surface area contributed by atoms with E-state index in [0.29, 0.717) is 0 Å². The van der Waals surface area contributed by atoms with Gasteiger partial charge in [-0.2, -0.15) is 0 Å². The molecule has 0 atom stereocenters. The van der Waals surface area contributed by atoms with Gasteiger partial charge in [-0.25, -0.2) is 0 Å². The molecular formula is C20H19OS. The Labute approximate surface area is 136 Å². The van der Waals surface area contributed by atoms with Gasteiger partial charge in [0.15, 0.2) is 0 Å². The lowest BCUT2D eigenvalue weighted by molar-refractivity contribution is 0.302. The predicted molar refractivity (Wildman–Crippen MR) is 93.8 cm³/mol. The molecule has 0 spiro atoms. The second kappa shape index (κ2) is 7.37. The molecule has 0 aliphatic rings. The molecule has 0 saturated heterocycles. The molecule has 111 valence electrons. The fourth-order valence-corrected chi connectivity index (χ4v) is 3.34. The summed E-state index contributed by atoms with van der Waals surface area (Å²) < 4.78 is 5.91. The standard InChI is InChI=1S/C20H19OS/c1-2-3-15-21-18-12-6-7-13-20(18)22-19-14-8-10-16-9-4-5-11-17(16)19/h4-12,14H,2-3,15H2,1H3. The van der Waals surface area contributed by atoms with Crippen molar-refractivity contribution in [2.75, 3.05) is 6.61 Å². The second-order valence-electron chi connectivity index (χ2n) is 5.14. The van der Waals surface area contributed by atoms with Crippen LogP contribution in [0.1, 0.15) is 19.8 Å². The first-order valence-corrected chi connectivity index (χ1v) is 8.49. The van der Waals surface area contributed by atoms with Crippen LogP contribution in [0.5, 0.6) is 5.75 Å². The second-order valence-corrected chi connectivity index (χ2v) is 6.20. The Bertz CT molecular complexity index is 746. The number of unbranched alkanes of at least 4 members (excludes halogenated alkanes) is 1. The monoisotopic (exact) mass is 307 g/mol. The van der Waals surface area contributed by atoms with Gasteiger partial charge in [0, 0.05) is 11.0 Å². The molecule has 0 aliphatic carbocycles. The molecule has 0 aromatic heterocycles. The first-order valence-electron chi connectivity index (χ1n) is 7.67. The summed E-state index contributed by atoms with van der Waals surface area (Å²) in [6, 6.07) is 24.1. The maximum absolute atomic E-state index is 5.91. The normalized spacial score (nSPS) is 10.8. The van der Waals surface area contributed by atoms with Gasteiger partial charge < -0.3 is 4.74 Å². The van der Waals surface area contributed by atoms with Gasteiger partial charge >= 0.3 is 0 Å². The third-order valence-corrected chi connectivity index (χ3v) is 4.60. The Morgan fingerprint density at radius 2 is 1.86 bits per heavy atom. The highest BCUT2D eigenvalue weighted by Gasteiger charge is 2.08. The van der Waals surface area contributed by atoms with E-state index >= 15 is 0 Å². The van der Waals surface area contributed by atoms with Crippen LogP contribution in [0.4, 0.5) is 0 Å². The minimum atomic E-state index is 0.761. The van der Waals surface area contributed by atoms with Crippen molar-refractivity contribution in [3.8, 4) is 5.75 Å². The lowest BCUT2D eigenvalue weighted by Gasteiger charge is -2.11. The van der Waals surface area contributed by atoms with Gasteiger partial charge in [0.2, 0.25) is 0 Å². The summed E-state index contributed by atoms with van der Waals surface area (Å²) in [7, 11) is 0. The molecule has 0 unspecified atom stereocenters. The zero-order valence-electron chi connectivity index (χ0n) is 12.7. The Morgan fingerprint density at radius 3 is 2.77 bits per heavy atom. The van der Waals surface area contributed by atoms with Crippen molar-refractivity contribution in [1.29, 1.82) is 0 Å². The average Bonchev–Trinajstić information content (AvgIpc) is 2.57. The summed E-state index contributed by atoms with van der Waals surface area (Å²) in [6.45, 7) is 2.93. The summed E-state index contributed by atoms with van der Waals surface area (Å²) in [5.74, 6) is 0.925. The summed E-state index contributed by atoms with van der Waals surface area (Å²) >= 11 is 1.72. The molecule has 3 rings (SSSR count). The fourth-order valence-electron chi connectivity index (χ4n) is 2.32. The van der Waals surface area contributed by atoms with E-state index in [9.17, 15) is 0 Å². The SMILES string of the molecule is CCCCOc1ccc[c]c1Sc1cccc2ccccc12. The van der Waals surface area contributed by atoms with Crippen LogP contribution in [0.15, 0.2) is 70.5 Å². The topological polar surface area (TPSA) is 9.23 Å². The van der Waals surface area contributed by atoms with Crippen molar-refractivity contribution in [2.45, 2.75) is 29.6 Å². The first kappa shape index (κ1) is 15.0. The number of ether oxygens (including phenoxy) is 1. The lowest BCUT2D eigenvalue weighted by atomic mass is 10.1. The van der Waals surface area contributed by atoms with E-state index < -0.39 is 0 Å². The van der Waals surface area contributed by atoms with Crippen molar-refractivity contribution in [2.24, 2.45) is 0 Å². The Kier molecular flexibility index (Phi) is 5.02. The third-order valence-electron chi connectivity index (χ3n) is 3.50. The molecule has 0 bridgehead atoms. The minimum absolute atomic E-state index is 0.761. The van der Waals surface area contributed by atoms with Crippen molar-refractivity contribution in [3.05, 3.63) is 66.7 Å². The minimum Gasteiger partial charge on any atom is -0.492 e. The van der Waals surface area contributed by atoms with Crippen LogP contribution in [-0.2, 0) is 0 Å². The molecule has 0 aliphatic heterocycles. The van der Waals surface area contributed by atoms with E-state index in [1.54, 1.807) is 11.8 Å². The van der Waals surface area contributed by atoms with E-state index in [2.05, 4.69) is 55.5 Å². The van der Waals surface area contributed by atoms with E-state index in [1.165, 1.54) is 15.7 Å². The van der Waals surface area contributed by atoms with E-state index in [1.807, 2.05) is 18.2 Å². The average molecular weight is 307 g/mol. The quantitative estimate of drug-likeness (QED) is 0.519. The highest BCUT2D eigenvalue weighted by molar-refractivity contribution is 7.99. The number of benzene rings is 3. The zero-order valence-corrected chi connectivity index (χ0v) is 13.5. The molecule has 3 aromatic carbocycles. The smallest absolute Gasteiger partial charge is 0.133 e. The van der Waals surface area contributed by atoms with E-state index in [0.717, 1.165) is 30.1 Å². The fraction of sp³-hybridized carbons (Fsp3) is 0.200. The van der Waals surface area contributed by atoms with Gasteiger partial charge in [0.05, 0.1) is 11.5 Å². The molecule has 2 heteroatoms.